The van der Waals surface area contributed by atoms with Crippen molar-refractivity contribution in [1.82, 2.24) is 20.2 Å². The monoisotopic (exact) mass is 302 g/mol. The van der Waals surface area contributed by atoms with Gasteiger partial charge in [0.15, 0.2) is 0 Å². The minimum Gasteiger partial charge on any atom is -0.313 e. The van der Waals surface area contributed by atoms with Crippen LogP contribution in [0.4, 0.5) is 0 Å². The van der Waals surface area contributed by atoms with Gasteiger partial charge in [0.2, 0.25) is 0 Å². The molecule has 7 heteroatoms. The zero-order chi connectivity index (χ0) is 14.6. The van der Waals surface area contributed by atoms with E-state index in [1.165, 1.54) is 25.5 Å². The molecule has 0 unspecified atom stereocenters. The van der Waals surface area contributed by atoms with E-state index in [-0.39, 0.29) is 0 Å². The Kier molecular flexibility index (Phi) is 2.72. The van der Waals surface area contributed by atoms with Crippen LogP contribution >= 0.6 is 12.2 Å². The van der Waals surface area contributed by atoms with Crippen molar-refractivity contribution < 1.29 is 0 Å². The molecule has 2 fully saturated rings. The fourth-order valence-electron chi connectivity index (χ4n) is 3.05. The van der Waals surface area contributed by atoms with E-state index in [1.54, 1.807) is 0 Å². The average molecular weight is 302 g/mol. The third-order valence-electron chi connectivity index (χ3n) is 4.39. The Morgan fingerprint density at radius 1 is 1.29 bits per heavy atom. The number of rotatable bonds is 3. The second kappa shape index (κ2) is 4.49. The summed E-state index contributed by atoms with van der Waals surface area (Å²) in [5.74, 6) is 2.09. The first kappa shape index (κ1) is 12.7. The Hall–Kier alpha value is -2.02. The van der Waals surface area contributed by atoms with Crippen molar-refractivity contribution in [3.8, 4) is 11.3 Å². The molecule has 2 heterocycles. The van der Waals surface area contributed by atoms with Gasteiger partial charge < -0.3 is 4.98 Å². The highest BCUT2D eigenvalue weighted by molar-refractivity contribution is 7.71. The number of nitrogens with one attached hydrogen (secondary N) is 3. The Morgan fingerprint density at radius 2 is 2.10 bits per heavy atom. The topological polar surface area (TPSA) is 94.4 Å². The molecule has 4 rings (SSSR count). The number of H-pyrrole nitrogens is 3. The summed E-state index contributed by atoms with van der Waals surface area (Å²) in [6.07, 6.45) is 5.22. The molecule has 21 heavy (non-hydrogen) atoms. The summed E-state index contributed by atoms with van der Waals surface area (Å²) in [7, 11) is 0. The van der Waals surface area contributed by atoms with Crippen LogP contribution in [0.3, 0.4) is 0 Å². The lowest BCUT2D eigenvalue weighted by Crippen LogP contribution is -2.23. The van der Waals surface area contributed by atoms with Gasteiger partial charge in [-0.05, 0) is 48.6 Å². The summed E-state index contributed by atoms with van der Waals surface area (Å²) in [6.45, 7) is 0. The van der Waals surface area contributed by atoms with E-state index in [4.69, 9.17) is 12.2 Å². The quantitative estimate of drug-likeness (QED) is 0.752. The Labute approximate surface area is 124 Å². The molecule has 0 amide bonds. The maximum Gasteiger partial charge on any atom is 0.325 e. The Balaban J connectivity index is 1.75. The molecule has 0 radical (unpaired) electrons. The zero-order valence-electron chi connectivity index (χ0n) is 11.2. The van der Waals surface area contributed by atoms with Gasteiger partial charge in [0, 0.05) is 6.20 Å². The summed E-state index contributed by atoms with van der Waals surface area (Å²) in [5, 5.41) is 6.95. The molecule has 2 aromatic heterocycles. The SMILES string of the molecule is O=c1[nH]cc(-c2cc([C@H]3C[C@@H]3C3CC3)c(=S)[nH]n2)c(=O)[nH]1. The minimum atomic E-state index is -0.524. The molecular weight excluding hydrogens is 288 g/mol. The van der Waals surface area contributed by atoms with E-state index < -0.39 is 11.2 Å². The van der Waals surface area contributed by atoms with Crippen LogP contribution in [0.1, 0.15) is 30.7 Å². The van der Waals surface area contributed by atoms with E-state index in [0.29, 0.717) is 21.8 Å². The van der Waals surface area contributed by atoms with E-state index in [0.717, 1.165) is 17.4 Å². The molecule has 0 aromatic carbocycles. The van der Waals surface area contributed by atoms with Gasteiger partial charge >= 0.3 is 5.69 Å². The van der Waals surface area contributed by atoms with Crippen molar-refractivity contribution in [2.45, 2.75) is 25.2 Å². The molecule has 2 atom stereocenters. The second-order valence-corrected chi connectivity index (χ2v) is 6.27. The van der Waals surface area contributed by atoms with Crippen molar-refractivity contribution in [2.24, 2.45) is 11.8 Å². The number of aromatic nitrogens is 4. The maximum absolute atomic E-state index is 11.8. The van der Waals surface area contributed by atoms with Crippen LogP contribution in [0.15, 0.2) is 21.9 Å². The van der Waals surface area contributed by atoms with Gasteiger partial charge in [-0.25, -0.2) is 4.79 Å². The van der Waals surface area contributed by atoms with Crippen molar-refractivity contribution in [3.05, 3.63) is 43.3 Å². The lowest BCUT2D eigenvalue weighted by Gasteiger charge is -2.04. The molecule has 6 nitrogen and oxygen atoms in total. The zero-order valence-corrected chi connectivity index (χ0v) is 12.0. The van der Waals surface area contributed by atoms with Gasteiger partial charge in [0.1, 0.15) is 4.64 Å². The predicted molar refractivity (Wildman–Crippen MR) is 79.7 cm³/mol. The number of hydrogen-bond acceptors (Lipinski definition) is 4. The highest BCUT2D eigenvalue weighted by atomic mass is 32.1. The first-order valence-electron chi connectivity index (χ1n) is 7.05. The van der Waals surface area contributed by atoms with Gasteiger partial charge in [0.05, 0.1) is 11.3 Å². The molecule has 108 valence electrons. The van der Waals surface area contributed by atoms with Crippen molar-refractivity contribution in [2.75, 3.05) is 0 Å². The average Bonchev–Trinajstić information content (AvgIpc) is 3.32. The molecule has 2 aromatic rings. The fourth-order valence-corrected chi connectivity index (χ4v) is 3.31. The van der Waals surface area contributed by atoms with Crippen LogP contribution in [-0.2, 0) is 0 Å². The third-order valence-corrected chi connectivity index (χ3v) is 4.72. The normalized spacial score (nSPS) is 24.0. The van der Waals surface area contributed by atoms with Gasteiger partial charge in [-0.3, -0.25) is 14.9 Å². The lowest BCUT2D eigenvalue weighted by atomic mass is 10.1. The summed E-state index contributed by atoms with van der Waals surface area (Å²) in [5.41, 5.74) is 0.946. The first-order chi connectivity index (χ1) is 10.1. The number of nitrogens with zero attached hydrogens (tertiary/aromatic N) is 1. The minimum absolute atomic E-state index is 0.339. The third kappa shape index (κ3) is 2.27. The Morgan fingerprint density at radius 3 is 2.81 bits per heavy atom. The predicted octanol–water partition coefficient (Wildman–Crippen LogP) is 1.70. The molecule has 0 saturated heterocycles. The molecule has 2 aliphatic carbocycles. The molecule has 2 saturated carbocycles. The number of aromatic amines is 3. The van der Waals surface area contributed by atoms with Crippen LogP contribution < -0.4 is 11.2 Å². The summed E-state index contributed by atoms with van der Waals surface area (Å²) < 4.78 is 0.646. The highest BCUT2D eigenvalue weighted by Crippen LogP contribution is 2.59. The molecule has 3 N–H and O–H groups in total. The second-order valence-electron chi connectivity index (χ2n) is 5.87. The maximum atomic E-state index is 11.8. The summed E-state index contributed by atoms with van der Waals surface area (Å²) in [4.78, 5) is 27.6. The largest absolute Gasteiger partial charge is 0.325 e. The van der Waals surface area contributed by atoms with Crippen LogP contribution in [0.25, 0.3) is 11.3 Å². The van der Waals surface area contributed by atoms with Gasteiger partial charge in [0.25, 0.3) is 5.56 Å². The van der Waals surface area contributed by atoms with Crippen molar-refractivity contribution in [1.29, 1.82) is 0 Å². The standard InChI is InChI=1S/C14H14N4O2S/c19-12-10(5-15-14(20)16-12)11-4-9(13(21)18-17-11)8-3-7(8)6-1-2-6/h4-8H,1-3H2,(H,18,21)(H2,15,16,19,20)/t7-,8+/m1/s1. The smallest absolute Gasteiger partial charge is 0.313 e. The summed E-state index contributed by atoms with van der Waals surface area (Å²) >= 11 is 5.33. The van der Waals surface area contributed by atoms with Crippen LogP contribution in [0.2, 0.25) is 0 Å². The van der Waals surface area contributed by atoms with E-state index in [2.05, 4.69) is 20.2 Å². The van der Waals surface area contributed by atoms with E-state index in [9.17, 15) is 9.59 Å². The van der Waals surface area contributed by atoms with Crippen LogP contribution in [-0.4, -0.2) is 20.2 Å². The molecule has 0 bridgehead atoms. The van der Waals surface area contributed by atoms with Gasteiger partial charge in [-0.15, -0.1) is 0 Å². The van der Waals surface area contributed by atoms with Crippen molar-refractivity contribution >= 4 is 12.2 Å². The van der Waals surface area contributed by atoms with Gasteiger partial charge in [-0.1, -0.05) is 12.2 Å². The lowest BCUT2D eigenvalue weighted by molar-refractivity contribution is 0.687. The van der Waals surface area contributed by atoms with Crippen LogP contribution in [0, 0.1) is 16.5 Å². The Bertz CT molecular complexity index is 877. The van der Waals surface area contributed by atoms with E-state index >= 15 is 0 Å². The molecular formula is C14H14N4O2S. The fraction of sp³-hybridized carbons (Fsp3) is 0.429. The van der Waals surface area contributed by atoms with E-state index in [1.807, 2.05) is 6.07 Å². The number of hydrogen-bond donors (Lipinski definition) is 3. The first-order valence-corrected chi connectivity index (χ1v) is 7.46. The van der Waals surface area contributed by atoms with Gasteiger partial charge in [-0.2, -0.15) is 5.10 Å². The molecule has 2 aliphatic rings. The molecule has 0 aliphatic heterocycles. The summed E-state index contributed by atoms with van der Waals surface area (Å²) in [6, 6.07) is 1.88. The molecule has 0 spiro atoms. The highest BCUT2D eigenvalue weighted by Gasteiger charge is 2.48. The van der Waals surface area contributed by atoms with Crippen LogP contribution in [0.5, 0.6) is 0 Å². The van der Waals surface area contributed by atoms with Crippen molar-refractivity contribution in [3.63, 3.8) is 0 Å².